The van der Waals surface area contributed by atoms with Crippen molar-refractivity contribution in [3.05, 3.63) is 58.6 Å². The molecule has 0 saturated heterocycles. The summed E-state index contributed by atoms with van der Waals surface area (Å²) < 4.78 is 6.88. The molecule has 0 aliphatic rings. The fraction of sp³-hybridized carbons (Fsp3) is 0.250. The van der Waals surface area contributed by atoms with Crippen LogP contribution in [0, 0.1) is 0 Å². The summed E-state index contributed by atoms with van der Waals surface area (Å²) >= 11 is 3.48. The summed E-state index contributed by atoms with van der Waals surface area (Å²) in [6.07, 6.45) is 0.175. The number of rotatable bonds is 5. The minimum atomic E-state index is 0.175. The molecule has 0 fully saturated rings. The molecule has 0 atom stereocenters. The molecule has 0 saturated carbocycles. The first-order valence-corrected chi connectivity index (χ1v) is 7.18. The van der Waals surface area contributed by atoms with E-state index in [4.69, 9.17) is 4.74 Å². The summed E-state index contributed by atoms with van der Waals surface area (Å²) in [4.78, 5) is 0. The lowest BCUT2D eigenvalue weighted by Crippen LogP contribution is -2.08. The van der Waals surface area contributed by atoms with Crippen molar-refractivity contribution in [1.29, 1.82) is 0 Å². The molecule has 1 N–H and O–H groups in total. The number of anilines is 1. The highest BCUT2D eigenvalue weighted by Crippen LogP contribution is 2.25. The Kier molecular flexibility index (Phi) is 4.86. The smallest absolute Gasteiger partial charge is 0.142 e. The van der Waals surface area contributed by atoms with E-state index in [1.165, 1.54) is 5.56 Å². The summed E-state index contributed by atoms with van der Waals surface area (Å²) in [5.41, 5.74) is 2.25. The summed E-state index contributed by atoms with van der Waals surface area (Å²) in [7, 11) is 0. The Labute approximate surface area is 122 Å². The third-order valence-electron chi connectivity index (χ3n) is 2.62. The van der Waals surface area contributed by atoms with Crippen molar-refractivity contribution >= 4 is 21.6 Å². The molecule has 0 aliphatic carbocycles. The van der Waals surface area contributed by atoms with E-state index >= 15 is 0 Å². The molecule has 2 nitrogen and oxygen atoms in total. The van der Waals surface area contributed by atoms with Crippen LogP contribution in [0.25, 0.3) is 0 Å². The second-order valence-electron chi connectivity index (χ2n) is 4.65. The van der Waals surface area contributed by atoms with Gasteiger partial charge in [-0.2, -0.15) is 0 Å². The molecule has 2 rings (SSSR count). The Morgan fingerprint density at radius 2 is 1.89 bits per heavy atom. The molecule has 19 heavy (non-hydrogen) atoms. The number of benzene rings is 2. The van der Waals surface area contributed by atoms with E-state index in [0.717, 1.165) is 22.5 Å². The van der Waals surface area contributed by atoms with E-state index in [9.17, 15) is 0 Å². The van der Waals surface area contributed by atoms with Crippen LogP contribution < -0.4 is 10.1 Å². The summed E-state index contributed by atoms with van der Waals surface area (Å²) in [6, 6.07) is 16.3. The highest BCUT2D eigenvalue weighted by molar-refractivity contribution is 9.10. The largest absolute Gasteiger partial charge is 0.489 e. The van der Waals surface area contributed by atoms with Gasteiger partial charge in [0.15, 0.2) is 0 Å². The number of halogens is 1. The fourth-order valence-corrected chi connectivity index (χ4v) is 2.26. The average molecular weight is 320 g/mol. The van der Waals surface area contributed by atoms with E-state index in [1.54, 1.807) is 0 Å². The van der Waals surface area contributed by atoms with Crippen LogP contribution in [-0.4, -0.2) is 6.10 Å². The van der Waals surface area contributed by atoms with Crippen molar-refractivity contribution in [3.8, 4) is 5.75 Å². The van der Waals surface area contributed by atoms with Crippen molar-refractivity contribution in [1.82, 2.24) is 0 Å². The van der Waals surface area contributed by atoms with Gasteiger partial charge in [0.2, 0.25) is 0 Å². The van der Waals surface area contributed by atoms with Crippen LogP contribution in [0.1, 0.15) is 19.4 Å². The minimum Gasteiger partial charge on any atom is -0.489 e. The first kappa shape index (κ1) is 13.9. The Bertz CT molecular complexity index is 540. The highest BCUT2D eigenvalue weighted by Gasteiger charge is 2.04. The first-order valence-electron chi connectivity index (χ1n) is 6.39. The maximum absolute atomic E-state index is 5.79. The number of nitrogens with one attached hydrogen (secondary N) is 1. The van der Waals surface area contributed by atoms with Gasteiger partial charge in [0.05, 0.1) is 11.8 Å². The quantitative estimate of drug-likeness (QED) is 0.850. The Balaban J connectivity index is 2.07. The molecule has 100 valence electrons. The van der Waals surface area contributed by atoms with Gasteiger partial charge in [-0.15, -0.1) is 0 Å². The third-order valence-corrected chi connectivity index (χ3v) is 3.11. The summed E-state index contributed by atoms with van der Waals surface area (Å²) in [5, 5.41) is 3.42. The average Bonchev–Trinajstić information content (AvgIpc) is 2.37. The molecule has 0 bridgehead atoms. The zero-order valence-corrected chi connectivity index (χ0v) is 12.8. The highest BCUT2D eigenvalue weighted by atomic mass is 79.9. The molecule has 0 radical (unpaired) electrons. The predicted molar refractivity (Wildman–Crippen MR) is 83.7 cm³/mol. The number of ether oxygens (including phenoxy) is 1. The standard InChI is InChI=1S/C16H18BrNO/c1-12(2)19-16-9-4-3-8-15(16)18-11-13-6-5-7-14(17)10-13/h3-10,12,18H,11H2,1-2H3. The maximum atomic E-state index is 5.79. The SMILES string of the molecule is CC(C)Oc1ccccc1NCc1cccc(Br)c1. The van der Waals surface area contributed by atoms with Crippen LogP contribution in [0.3, 0.4) is 0 Å². The van der Waals surface area contributed by atoms with Gasteiger partial charge in [0, 0.05) is 11.0 Å². The molecule has 0 aliphatic heterocycles. The van der Waals surface area contributed by atoms with E-state index in [2.05, 4.69) is 33.4 Å². The molecule has 0 amide bonds. The van der Waals surface area contributed by atoms with Crippen molar-refractivity contribution < 1.29 is 4.74 Å². The molecule has 2 aromatic rings. The van der Waals surface area contributed by atoms with Gasteiger partial charge in [-0.3, -0.25) is 0 Å². The summed E-state index contributed by atoms with van der Waals surface area (Å²) in [5.74, 6) is 0.896. The van der Waals surface area contributed by atoms with E-state index < -0.39 is 0 Å². The van der Waals surface area contributed by atoms with Crippen LogP contribution in [0.5, 0.6) is 5.75 Å². The predicted octanol–water partition coefficient (Wildman–Crippen LogP) is 4.85. The first-order chi connectivity index (χ1) is 9.15. The van der Waals surface area contributed by atoms with Gasteiger partial charge in [0.25, 0.3) is 0 Å². The van der Waals surface area contributed by atoms with Crippen LogP contribution in [0.2, 0.25) is 0 Å². The Hall–Kier alpha value is -1.48. The number of hydrogen-bond acceptors (Lipinski definition) is 2. The van der Waals surface area contributed by atoms with Gasteiger partial charge >= 0.3 is 0 Å². The lowest BCUT2D eigenvalue weighted by atomic mass is 10.2. The van der Waals surface area contributed by atoms with Crippen LogP contribution in [0.15, 0.2) is 53.0 Å². The fourth-order valence-electron chi connectivity index (χ4n) is 1.81. The van der Waals surface area contributed by atoms with Crippen molar-refractivity contribution in [2.75, 3.05) is 5.32 Å². The number of hydrogen-bond donors (Lipinski definition) is 1. The van der Waals surface area contributed by atoms with Gasteiger partial charge < -0.3 is 10.1 Å². The van der Waals surface area contributed by atoms with Gasteiger partial charge in [-0.05, 0) is 43.7 Å². The molecule has 0 unspecified atom stereocenters. The molecular weight excluding hydrogens is 302 g/mol. The van der Waals surface area contributed by atoms with Crippen molar-refractivity contribution in [2.45, 2.75) is 26.5 Å². The maximum Gasteiger partial charge on any atom is 0.142 e. The van der Waals surface area contributed by atoms with Crippen LogP contribution in [0.4, 0.5) is 5.69 Å². The normalized spacial score (nSPS) is 10.5. The topological polar surface area (TPSA) is 21.3 Å². The van der Waals surface area contributed by atoms with Crippen LogP contribution in [-0.2, 0) is 6.54 Å². The Morgan fingerprint density at radius 1 is 1.11 bits per heavy atom. The minimum absolute atomic E-state index is 0.175. The van der Waals surface area contributed by atoms with Crippen molar-refractivity contribution in [3.63, 3.8) is 0 Å². The molecular formula is C16H18BrNO. The molecule has 2 aromatic carbocycles. The second kappa shape index (κ2) is 6.62. The van der Waals surface area contributed by atoms with Gasteiger partial charge in [-0.1, -0.05) is 40.2 Å². The number of para-hydroxylation sites is 2. The molecule has 0 aromatic heterocycles. The molecule has 0 heterocycles. The Morgan fingerprint density at radius 3 is 2.63 bits per heavy atom. The monoisotopic (exact) mass is 319 g/mol. The zero-order chi connectivity index (χ0) is 13.7. The summed E-state index contributed by atoms with van der Waals surface area (Å²) in [6.45, 7) is 4.84. The molecule has 0 spiro atoms. The molecule has 3 heteroatoms. The van der Waals surface area contributed by atoms with E-state index in [0.29, 0.717) is 0 Å². The lowest BCUT2D eigenvalue weighted by molar-refractivity contribution is 0.243. The second-order valence-corrected chi connectivity index (χ2v) is 5.56. The zero-order valence-electron chi connectivity index (χ0n) is 11.2. The third kappa shape index (κ3) is 4.28. The van der Waals surface area contributed by atoms with Crippen molar-refractivity contribution in [2.24, 2.45) is 0 Å². The lowest BCUT2D eigenvalue weighted by Gasteiger charge is -2.15. The van der Waals surface area contributed by atoms with Gasteiger partial charge in [-0.25, -0.2) is 0 Å². The van der Waals surface area contributed by atoms with Crippen LogP contribution >= 0.6 is 15.9 Å². The van der Waals surface area contributed by atoms with Gasteiger partial charge in [0.1, 0.15) is 5.75 Å². The van der Waals surface area contributed by atoms with E-state index in [1.807, 2.05) is 50.2 Å². The van der Waals surface area contributed by atoms with E-state index in [-0.39, 0.29) is 6.10 Å².